The number of carboxylic acid groups (broad SMARTS) is 1. The molecule has 1 aromatic carbocycles. The van der Waals surface area contributed by atoms with Crippen LogP contribution in [0.1, 0.15) is 26.2 Å². The normalized spacial score (nSPS) is 10.1. The summed E-state index contributed by atoms with van der Waals surface area (Å²) in [5.41, 5.74) is 0.534. The molecule has 0 unspecified atom stereocenters. The Morgan fingerprint density at radius 3 is 2.56 bits per heavy atom. The van der Waals surface area contributed by atoms with E-state index in [-0.39, 0.29) is 0 Å². The quantitative estimate of drug-likeness (QED) is 0.594. The van der Waals surface area contributed by atoms with Crippen molar-refractivity contribution in [1.82, 2.24) is 0 Å². The van der Waals surface area contributed by atoms with Gasteiger partial charge in [0.2, 0.25) is 0 Å². The number of carbonyl (C=O) groups is 1. The zero-order valence-corrected chi connectivity index (χ0v) is 9.43. The van der Waals surface area contributed by atoms with E-state index in [1.54, 1.807) is 24.3 Å². The highest BCUT2D eigenvalue weighted by Gasteiger charge is 2.14. The van der Waals surface area contributed by atoms with Crippen LogP contribution in [0.15, 0.2) is 30.3 Å². The standard InChI is InChI=1S/C12H17NO3/c1-2-3-7-10-16-13(12(14)15)11-8-5-4-6-9-11/h4-6,8-9H,2-3,7,10H2,1H3,(H,14,15). The second kappa shape index (κ2) is 6.85. The number of rotatable bonds is 6. The van der Waals surface area contributed by atoms with Crippen molar-refractivity contribution in [2.75, 3.05) is 11.7 Å². The highest BCUT2D eigenvalue weighted by Crippen LogP contribution is 2.14. The molecule has 1 aromatic rings. The number of amides is 1. The number of unbranched alkanes of at least 4 members (excludes halogenated alkanes) is 2. The van der Waals surface area contributed by atoms with Gasteiger partial charge in [-0.3, -0.25) is 4.84 Å². The number of hydrogen-bond donors (Lipinski definition) is 1. The van der Waals surface area contributed by atoms with Crippen LogP contribution in [-0.2, 0) is 4.84 Å². The second-order valence-corrected chi connectivity index (χ2v) is 3.45. The van der Waals surface area contributed by atoms with Gasteiger partial charge in [-0.15, -0.1) is 0 Å². The van der Waals surface area contributed by atoms with E-state index in [0.717, 1.165) is 24.3 Å². The van der Waals surface area contributed by atoms with E-state index in [4.69, 9.17) is 9.94 Å². The lowest BCUT2D eigenvalue weighted by Crippen LogP contribution is -2.29. The number of para-hydroxylation sites is 1. The summed E-state index contributed by atoms with van der Waals surface area (Å²) in [4.78, 5) is 16.2. The maximum Gasteiger partial charge on any atom is 0.436 e. The topological polar surface area (TPSA) is 49.8 Å². The van der Waals surface area contributed by atoms with Gasteiger partial charge in [-0.25, -0.2) is 4.79 Å². The molecular formula is C12H17NO3. The van der Waals surface area contributed by atoms with Crippen molar-refractivity contribution in [3.8, 4) is 0 Å². The van der Waals surface area contributed by atoms with Gasteiger partial charge in [-0.1, -0.05) is 38.0 Å². The van der Waals surface area contributed by atoms with Gasteiger partial charge in [0.15, 0.2) is 0 Å². The number of anilines is 1. The van der Waals surface area contributed by atoms with Gasteiger partial charge in [0.25, 0.3) is 0 Å². The molecule has 0 radical (unpaired) electrons. The summed E-state index contributed by atoms with van der Waals surface area (Å²) < 4.78 is 0. The molecule has 0 atom stereocenters. The fourth-order valence-corrected chi connectivity index (χ4v) is 1.31. The number of hydroxylamine groups is 1. The molecular weight excluding hydrogens is 206 g/mol. The first kappa shape index (κ1) is 12.5. The Morgan fingerprint density at radius 1 is 1.31 bits per heavy atom. The molecule has 16 heavy (non-hydrogen) atoms. The van der Waals surface area contributed by atoms with Gasteiger partial charge < -0.3 is 5.11 Å². The van der Waals surface area contributed by atoms with Crippen LogP contribution >= 0.6 is 0 Å². The van der Waals surface area contributed by atoms with Crippen molar-refractivity contribution in [2.45, 2.75) is 26.2 Å². The molecule has 1 rings (SSSR count). The van der Waals surface area contributed by atoms with E-state index in [1.807, 2.05) is 6.07 Å². The third-order valence-corrected chi connectivity index (χ3v) is 2.13. The fourth-order valence-electron chi connectivity index (χ4n) is 1.31. The Kier molecular flexibility index (Phi) is 5.36. The number of nitrogens with zero attached hydrogens (tertiary/aromatic N) is 1. The minimum absolute atomic E-state index is 0.426. The minimum Gasteiger partial charge on any atom is -0.463 e. The Labute approximate surface area is 95.4 Å². The average Bonchev–Trinajstić information content (AvgIpc) is 2.30. The van der Waals surface area contributed by atoms with Crippen molar-refractivity contribution >= 4 is 11.8 Å². The first-order valence-electron chi connectivity index (χ1n) is 5.46. The van der Waals surface area contributed by atoms with Crippen LogP contribution in [-0.4, -0.2) is 17.8 Å². The fraction of sp³-hybridized carbons (Fsp3) is 0.417. The van der Waals surface area contributed by atoms with Crippen LogP contribution in [0, 0.1) is 0 Å². The van der Waals surface area contributed by atoms with E-state index in [1.165, 1.54) is 0 Å². The van der Waals surface area contributed by atoms with E-state index < -0.39 is 6.09 Å². The predicted molar refractivity (Wildman–Crippen MR) is 62.4 cm³/mol. The molecule has 0 aliphatic carbocycles. The van der Waals surface area contributed by atoms with Crippen molar-refractivity contribution in [1.29, 1.82) is 0 Å². The van der Waals surface area contributed by atoms with Gasteiger partial charge in [-0.05, 0) is 18.6 Å². The Bertz CT molecular complexity index is 313. The van der Waals surface area contributed by atoms with Gasteiger partial charge >= 0.3 is 6.09 Å². The van der Waals surface area contributed by atoms with Crippen LogP contribution in [0.4, 0.5) is 10.5 Å². The zero-order chi connectivity index (χ0) is 11.8. The Hall–Kier alpha value is -1.55. The molecule has 0 aliphatic rings. The lowest BCUT2D eigenvalue weighted by molar-refractivity contribution is 0.0924. The second-order valence-electron chi connectivity index (χ2n) is 3.45. The molecule has 0 aromatic heterocycles. The van der Waals surface area contributed by atoms with Crippen molar-refractivity contribution in [2.24, 2.45) is 0 Å². The highest BCUT2D eigenvalue weighted by atomic mass is 16.7. The van der Waals surface area contributed by atoms with E-state index in [0.29, 0.717) is 12.3 Å². The molecule has 0 heterocycles. The van der Waals surface area contributed by atoms with Crippen LogP contribution in [0.5, 0.6) is 0 Å². The zero-order valence-electron chi connectivity index (χ0n) is 9.43. The van der Waals surface area contributed by atoms with Crippen molar-refractivity contribution in [3.05, 3.63) is 30.3 Å². The van der Waals surface area contributed by atoms with Gasteiger partial charge in [0.05, 0.1) is 12.3 Å². The first-order valence-corrected chi connectivity index (χ1v) is 5.46. The Morgan fingerprint density at radius 2 is 2.00 bits per heavy atom. The van der Waals surface area contributed by atoms with Crippen LogP contribution < -0.4 is 5.06 Å². The lowest BCUT2D eigenvalue weighted by atomic mass is 10.3. The van der Waals surface area contributed by atoms with Crippen LogP contribution in [0.2, 0.25) is 0 Å². The van der Waals surface area contributed by atoms with Crippen LogP contribution in [0.25, 0.3) is 0 Å². The first-order chi connectivity index (χ1) is 7.75. The third-order valence-electron chi connectivity index (χ3n) is 2.13. The minimum atomic E-state index is -1.09. The molecule has 0 bridgehead atoms. The van der Waals surface area contributed by atoms with Crippen molar-refractivity contribution < 1.29 is 14.7 Å². The molecule has 88 valence electrons. The average molecular weight is 223 g/mol. The summed E-state index contributed by atoms with van der Waals surface area (Å²) >= 11 is 0. The Balaban J connectivity index is 2.52. The summed E-state index contributed by atoms with van der Waals surface area (Å²) in [6.45, 7) is 2.52. The van der Waals surface area contributed by atoms with Gasteiger partial charge in [0, 0.05) is 0 Å². The van der Waals surface area contributed by atoms with Gasteiger partial charge in [-0.2, -0.15) is 5.06 Å². The molecule has 0 fully saturated rings. The van der Waals surface area contributed by atoms with E-state index >= 15 is 0 Å². The monoisotopic (exact) mass is 223 g/mol. The maximum atomic E-state index is 11.0. The molecule has 0 saturated heterocycles. The maximum absolute atomic E-state index is 11.0. The predicted octanol–water partition coefficient (Wildman–Crippen LogP) is 3.29. The smallest absolute Gasteiger partial charge is 0.436 e. The lowest BCUT2D eigenvalue weighted by Gasteiger charge is -2.18. The van der Waals surface area contributed by atoms with E-state index in [2.05, 4.69) is 6.92 Å². The summed E-state index contributed by atoms with van der Waals surface area (Å²) in [6.07, 6.45) is 1.90. The molecule has 0 aliphatic heterocycles. The largest absolute Gasteiger partial charge is 0.463 e. The summed E-state index contributed by atoms with van der Waals surface area (Å²) in [5, 5.41) is 9.90. The van der Waals surface area contributed by atoms with Crippen molar-refractivity contribution in [3.63, 3.8) is 0 Å². The molecule has 1 amide bonds. The molecule has 4 nitrogen and oxygen atoms in total. The van der Waals surface area contributed by atoms with E-state index in [9.17, 15) is 4.79 Å². The van der Waals surface area contributed by atoms with Gasteiger partial charge in [0.1, 0.15) is 0 Å². The number of hydrogen-bond acceptors (Lipinski definition) is 2. The molecule has 0 saturated carbocycles. The summed E-state index contributed by atoms with van der Waals surface area (Å²) in [5.74, 6) is 0. The molecule has 0 spiro atoms. The highest BCUT2D eigenvalue weighted by molar-refractivity contribution is 5.83. The molecule has 4 heteroatoms. The SMILES string of the molecule is CCCCCON(C(=O)O)c1ccccc1. The number of benzene rings is 1. The molecule has 1 N–H and O–H groups in total. The van der Waals surface area contributed by atoms with Crippen LogP contribution in [0.3, 0.4) is 0 Å². The summed E-state index contributed by atoms with van der Waals surface area (Å²) in [7, 11) is 0. The summed E-state index contributed by atoms with van der Waals surface area (Å²) in [6, 6.07) is 8.80. The third kappa shape index (κ3) is 3.90.